The molecule has 1 heterocycles. The van der Waals surface area contributed by atoms with Gasteiger partial charge in [-0.3, -0.25) is 14.9 Å². The molecule has 3 aromatic rings. The van der Waals surface area contributed by atoms with Crippen molar-refractivity contribution in [1.29, 1.82) is 0 Å². The van der Waals surface area contributed by atoms with Gasteiger partial charge < -0.3 is 19.5 Å². The second-order valence-electron chi connectivity index (χ2n) is 6.32. The Morgan fingerprint density at radius 1 is 1.19 bits per heavy atom. The molecular weight excluding hydrogens is 420 g/mol. The number of para-hydroxylation sites is 1. The summed E-state index contributed by atoms with van der Waals surface area (Å²) in [4.78, 5) is 35.3. The van der Waals surface area contributed by atoms with Gasteiger partial charge in [-0.15, -0.1) is 0 Å². The van der Waals surface area contributed by atoms with Crippen LogP contribution in [0.3, 0.4) is 0 Å². The maximum atomic E-state index is 12.4. The summed E-state index contributed by atoms with van der Waals surface area (Å²) >= 11 is 0. The first-order valence-corrected chi connectivity index (χ1v) is 9.50. The summed E-state index contributed by atoms with van der Waals surface area (Å²) in [6.07, 6.45) is 1.45. The summed E-state index contributed by atoms with van der Waals surface area (Å²) in [6.45, 7) is 1.27. The van der Waals surface area contributed by atoms with Gasteiger partial charge in [0.05, 0.1) is 36.6 Å². The summed E-state index contributed by atoms with van der Waals surface area (Å²) in [5.41, 5.74) is 0.224. The van der Waals surface area contributed by atoms with Gasteiger partial charge >= 0.3 is 5.97 Å². The Labute approximate surface area is 182 Å². The molecule has 32 heavy (non-hydrogen) atoms. The molecule has 1 amide bonds. The van der Waals surface area contributed by atoms with Gasteiger partial charge in [-0.25, -0.2) is 9.48 Å². The number of methoxy groups -OCH3 is 1. The average molecular weight is 440 g/mol. The van der Waals surface area contributed by atoms with Crippen LogP contribution in [0.1, 0.15) is 17.4 Å². The highest BCUT2D eigenvalue weighted by Gasteiger charge is 2.22. The molecule has 0 radical (unpaired) electrons. The van der Waals surface area contributed by atoms with Crippen molar-refractivity contribution in [2.45, 2.75) is 6.92 Å². The molecule has 0 fully saturated rings. The van der Waals surface area contributed by atoms with E-state index in [0.29, 0.717) is 5.69 Å². The molecule has 2 aromatic carbocycles. The molecule has 0 aliphatic heterocycles. The molecule has 0 saturated carbocycles. The van der Waals surface area contributed by atoms with E-state index in [4.69, 9.17) is 14.2 Å². The lowest BCUT2D eigenvalue weighted by molar-refractivity contribution is -0.384. The maximum absolute atomic E-state index is 12.4. The molecule has 166 valence electrons. The van der Waals surface area contributed by atoms with E-state index in [9.17, 15) is 19.7 Å². The SMILES string of the molecule is CCOC(=O)c1nn(-c2ccccc2)cc1OCC(=O)Nc1ccc(OC)cc1[N+](=O)[O-]. The third kappa shape index (κ3) is 5.19. The van der Waals surface area contributed by atoms with Crippen molar-refractivity contribution in [3.05, 3.63) is 70.5 Å². The first kappa shape index (κ1) is 22.3. The van der Waals surface area contributed by atoms with Crippen LogP contribution < -0.4 is 14.8 Å². The maximum Gasteiger partial charge on any atom is 0.362 e. The van der Waals surface area contributed by atoms with Crippen LogP contribution in [0.2, 0.25) is 0 Å². The Bertz CT molecular complexity index is 1130. The number of esters is 1. The molecule has 0 aliphatic carbocycles. The van der Waals surface area contributed by atoms with Crippen molar-refractivity contribution in [3.63, 3.8) is 0 Å². The Hall–Kier alpha value is -4.41. The van der Waals surface area contributed by atoms with E-state index >= 15 is 0 Å². The number of nitrogens with zero attached hydrogens (tertiary/aromatic N) is 3. The lowest BCUT2D eigenvalue weighted by atomic mass is 10.2. The van der Waals surface area contributed by atoms with E-state index in [1.165, 1.54) is 36.2 Å². The zero-order valence-electron chi connectivity index (χ0n) is 17.3. The standard InChI is InChI=1S/C21H20N4O7/c1-3-31-21(27)20-18(12-24(23-20)14-7-5-4-6-8-14)32-13-19(26)22-16-10-9-15(30-2)11-17(16)25(28)29/h4-12H,3,13H2,1-2H3,(H,22,26). The molecular formula is C21H20N4O7. The van der Waals surface area contributed by atoms with Gasteiger partial charge in [-0.1, -0.05) is 18.2 Å². The summed E-state index contributed by atoms with van der Waals surface area (Å²) in [6, 6.07) is 13.0. The predicted octanol–water partition coefficient (Wildman–Crippen LogP) is 2.98. The van der Waals surface area contributed by atoms with Crippen LogP contribution in [-0.2, 0) is 9.53 Å². The van der Waals surface area contributed by atoms with Crippen LogP contribution in [0.5, 0.6) is 11.5 Å². The number of hydrogen-bond donors (Lipinski definition) is 1. The van der Waals surface area contributed by atoms with Crippen molar-refractivity contribution >= 4 is 23.3 Å². The number of anilines is 1. The first-order valence-electron chi connectivity index (χ1n) is 9.50. The number of nitro groups is 1. The molecule has 0 unspecified atom stereocenters. The number of hydrogen-bond acceptors (Lipinski definition) is 8. The minimum atomic E-state index is -0.705. The lowest BCUT2D eigenvalue weighted by Gasteiger charge is -2.08. The summed E-state index contributed by atoms with van der Waals surface area (Å²) in [7, 11) is 1.38. The molecule has 3 rings (SSSR count). The number of nitro benzene ring substituents is 1. The fourth-order valence-electron chi connectivity index (χ4n) is 2.74. The van der Waals surface area contributed by atoms with Crippen molar-refractivity contribution < 1.29 is 28.7 Å². The van der Waals surface area contributed by atoms with Crippen LogP contribution in [0.4, 0.5) is 11.4 Å². The van der Waals surface area contributed by atoms with E-state index in [1.54, 1.807) is 31.2 Å². The highest BCUT2D eigenvalue weighted by molar-refractivity contribution is 5.95. The van der Waals surface area contributed by atoms with Crippen LogP contribution in [-0.4, -0.2) is 46.9 Å². The molecule has 11 heteroatoms. The summed E-state index contributed by atoms with van der Waals surface area (Å²) < 4.78 is 16.9. The minimum absolute atomic E-state index is 0.0185. The van der Waals surface area contributed by atoms with E-state index < -0.39 is 23.4 Å². The highest BCUT2D eigenvalue weighted by atomic mass is 16.6. The topological polar surface area (TPSA) is 135 Å². The third-order valence-corrected chi connectivity index (χ3v) is 4.20. The summed E-state index contributed by atoms with van der Waals surface area (Å²) in [5.74, 6) is -1.06. The quantitative estimate of drug-likeness (QED) is 0.305. The Kier molecular flexibility index (Phi) is 7.01. The number of carbonyl (C=O) groups excluding carboxylic acids is 2. The second kappa shape index (κ2) is 10.1. The number of rotatable bonds is 9. The average Bonchev–Trinajstić information content (AvgIpc) is 3.23. The molecule has 11 nitrogen and oxygen atoms in total. The zero-order valence-corrected chi connectivity index (χ0v) is 17.3. The van der Waals surface area contributed by atoms with Gasteiger partial charge in [0.25, 0.3) is 11.6 Å². The van der Waals surface area contributed by atoms with Crippen LogP contribution >= 0.6 is 0 Å². The second-order valence-corrected chi connectivity index (χ2v) is 6.32. The number of carbonyl (C=O) groups is 2. The van der Waals surface area contributed by atoms with E-state index in [0.717, 1.165) is 0 Å². The zero-order chi connectivity index (χ0) is 23.1. The molecule has 1 N–H and O–H groups in total. The fraction of sp³-hybridized carbons (Fsp3) is 0.190. The lowest BCUT2D eigenvalue weighted by Crippen LogP contribution is -2.21. The largest absolute Gasteiger partial charge is 0.496 e. The van der Waals surface area contributed by atoms with Crippen molar-refractivity contribution in [3.8, 4) is 17.2 Å². The molecule has 0 atom stereocenters. The van der Waals surface area contributed by atoms with Gasteiger partial charge in [0.1, 0.15) is 11.4 Å². The van der Waals surface area contributed by atoms with Crippen molar-refractivity contribution in [2.75, 3.05) is 25.6 Å². The van der Waals surface area contributed by atoms with Crippen LogP contribution in [0, 0.1) is 10.1 Å². The van der Waals surface area contributed by atoms with Crippen LogP contribution in [0.25, 0.3) is 5.69 Å². The van der Waals surface area contributed by atoms with Crippen LogP contribution in [0.15, 0.2) is 54.7 Å². The number of nitrogens with one attached hydrogen (secondary N) is 1. The number of amides is 1. The van der Waals surface area contributed by atoms with E-state index in [2.05, 4.69) is 10.4 Å². The van der Waals surface area contributed by atoms with Gasteiger partial charge in [0, 0.05) is 0 Å². The number of aromatic nitrogens is 2. The Morgan fingerprint density at radius 2 is 1.94 bits per heavy atom. The van der Waals surface area contributed by atoms with Gasteiger partial charge in [0.15, 0.2) is 12.4 Å². The normalized spacial score (nSPS) is 10.3. The molecule has 0 aliphatic rings. The smallest absolute Gasteiger partial charge is 0.362 e. The Morgan fingerprint density at radius 3 is 2.59 bits per heavy atom. The van der Waals surface area contributed by atoms with Gasteiger partial charge in [-0.05, 0) is 31.2 Å². The van der Waals surface area contributed by atoms with Crippen molar-refractivity contribution in [2.24, 2.45) is 0 Å². The highest BCUT2D eigenvalue weighted by Crippen LogP contribution is 2.29. The van der Waals surface area contributed by atoms with Gasteiger partial charge in [0.2, 0.25) is 5.69 Å². The minimum Gasteiger partial charge on any atom is -0.496 e. The summed E-state index contributed by atoms with van der Waals surface area (Å²) in [5, 5.41) is 17.9. The molecule has 0 spiro atoms. The number of ether oxygens (including phenoxy) is 3. The monoisotopic (exact) mass is 440 g/mol. The van der Waals surface area contributed by atoms with Crippen molar-refractivity contribution in [1.82, 2.24) is 9.78 Å². The van der Waals surface area contributed by atoms with Gasteiger partial charge in [-0.2, -0.15) is 5.10 Å². The Balaban J connectivity index is 1.77. The van der Waals surface area contributed by atoms with E-state index in [1.807, 2.05) is 6.07 Å². The van der Waals surface area contributed by atoms with E-state index in [-0.39, 0.29) is 35.2 Å². The molecule has 0 bridgehead atoms. The predicted molar refractivity (Wildman–Crippen MR) is 113 cm³/mol. The third-order valence-electron chi connectivity index (χ3n) is 4.20. The number of benzene rings is 2. The first-order chi connectivity index (χ1) is 15.4. The molecule has 0 saturated heterocycles. The fourth-order valence-corrected chi connectivity index (χ4v) is 2.74. The molecule has 1 aromatic heterocycles.